The minimum atomic E-state index is 0.0518. The predicted molar refractivity (Wildman–Crippen MR) is 77.7 cm³/mol. The second kappa shape index (κ2) is 6.87. The van der Waals surface area contributed by atoms with Crippen LogP contribution < -0.4 is 0 Å². The summed E-state index contributed by atoms with van der Waals surface area (Å²) in [5, 5.41) is 0. The van der Waals surface area contributed by atoms with Crippen LogP contribution in [0, 0.1) is 5.92 Å². The molecule has 2 fully saturated rings. The van der Waals surface area contributed by atoms with E-state index in [9.17, 15) is 4.79 Å². The fraction of sp³-hybridized carbons (Fsp3) is 0.933. The molecule has 0 bridgehead atoms. The lowest BCUT2D eigenvalue weighted by atomic mass is 9.78. The number of carbonyl (C=O) groups excluding carboxylic acids is 1. The highest BCUT2D eigenvalue weighted by atomic mass is 16.5. The Morgan fingerprint density at radius 1 is 1.40 bits per heavy atom. The maximum Gasteiger partial charge on any atom is 0.236 e. The molecule has 2 saturated heterocycles. The van der Waals surface area contributed by atoms with Crippen molar-refractivity contribution in [1.29, 1.82) is 0 Å². The van der Waals surface area contributed by atoms with Crippen LogP contribution in [-0.4, -0.2) is 75.4 Å². The van der Waals surface area contributed by atoms with Gasteiger partial charge in [0.15, 0.2) is 0 Å². The van der Waals surface area contributed by atoms with E-state index in [1.807, 2.05) is 14.1 Å². The summed E-state index contributed by atoms with van der Waals surface area (Å²) >= 11 is 0. The lowest BCUT2D eigenvalue weighted by Gasteiger charge is -2.42. The fourth-order valence-electron chi connectivity index (χ4n) is 3.43. The standard InChI is InChI=1S/C15H28N2O3/c1-16(2)14(18)12-17-8-6-15(7-9-17)13(4-10-19-3)5-11-20-15/h13H,4-12H2,1-3H3/t13-/m1/s1. The van der Waals surface area contributed by atoms with Gasteiger partial charge in [0.05, 0.1) is 12.1 Å². The number of piperidine rings is 1. The smallest absolute Gasteiger partial charge is 0.236 e. The molecule has 0 aromatic carbocycles. The summed E-state index contributed by atoms with van der Waals surface area (Å²) in [4.78, 5) is 15.7. The summed E-state index contributed by atoms with van der Waals surface area (Å²) in [5.41, 5.74) is 0.0518. The number of ether oxygens (including phenoxy) is 2. The number of nitrogens with zero attached hydrogens (tertiary/aromatic N) is 2. The first-order valence-electron chi connectivity index (χ1n) is 7.63. The van der Waals surface area contributed by atoms with E-state index >= 15 is 0 Å². The largest absolute Gasteiger partial charge is 0.385 e. The highest BCUT2D eigenvalue weighted by molar-refractivity contribution is 5.77. The maximum absolute atomic E-state index is 11.8. The number of methoxy groups -OCH3 is 1. The number of rotatable bonds is 5. The molecule has 2 aliphatic rings. The van der Waals surface area contributed by atoms with Crippen LogP contribution >= 0.6 is 0 Å². The van der Waals surface area contributed by atoms with Gasteiger partial charge >= 0.3 is 0 Å². The van der Waals surface area contributed by atoms with Crippen LogP contribution in [0.5, 0.6) is 0 Å². The molecule has 0 aromatic heterocycles. The second-order valence-corrected chi connectivity index (χ2v) is 6.24. The fourth-order valence-corrected chi connectivity index (χ4v) is 3.43. The summed E-state index contributed by atoms with van der Waals surface area (Å²) in [6.45, 7) is 4.15. The predicted octanol–water partition coefficient (Wildman–Crippen LogP) is 0.982. The average Bonchev–Trinajstić information content (AvgIpc) is 2.81. The summed E-state index contributed by atoms with van der Waals surface area (Å²) in [7, 11) is 5.39. The third-order valence-corrected chi connectivity index (χ3v) is 4.83. The molecule has 1 atom stereocenters. The van der Waals surface area contributed by atoms with Crippen molar-refractivity contribution in [3.05, 3.63) is 0 Å². The van der Waals surface area contributed by atoms with Crippen LogP contribution in [0.15, 0.2) is 0 Å². The molecule has 1 spiro atoms. The summed E-state index contributed by atoms with van der Waals surface area (Å²) < 4.78 is 11.3. The molecule has 5 heteroatoms. The van der Waals surface area contributed by atoms with Crippen LogP contribution in [0.2, 0.25) is 0 Å². The molecule has 2 heterocycles. The second-order valence-electron chi connectivity index (χ2n) is 6.24. The van der Waals surface area contributed by atoms with Crippen LogP contribution in [0.1, 0.15) is 25.7 Å². The zero-order chi connectivity index (χ0) is 14.6. The normalized spacial score (nSPS) is 26.1. The number of carbonyl (C=O) groups is 1. The van der Waals surface area contributed by atoms with E-state index in [2.05, 4.69) is 4.90 Å². The van der Waals surface area contributed by atoms with Crippen molar-refractivity contribution in [1.82, 2.24) is 9.80 Å². The van der Waals surface area contributed by atoms with E-state index in [1.54, 1.807) is 12.0 Å². The molecule has 0 aromatic rings. The first-order chi connectivity index (χ1) is 9.57. The summed E-state index contributed by atoms with van der Waals surface area (Å²) in [6.07, 6.45) is 4.33. The Bertz CT molecular complexity index is 325. The van der Waals surface area contributed by atoms with Crippen molar-refractivity contribution in [2.45, 2.75) is 31.3 Å². The third-order valence-electron chi connectivity index (χ3n) is 4.83. The highest BCUT2D eigenvalue weighted by Gasteiger charge is 2.45. The Labute approximate surface area is 122 Å². The van der Waals surface area contributed by atoms with E-state index in [0.717, 1.165) is 52.0 Å². The van der Waals surface area contributed by atoms with Gasteiger partial charge in [-0.2, -0.15) is 0 Å². The summed E-state index contributed by atoms with van der Waals surface area (Å²) in [5.74, 6) is 0.804. The molecule has 0 radical (unpaired) electrons. The first kappa shape index (κ1) is 15.7. The van der Waals surface area contributed by atoms with Gasteiger partial charge in [-0.05, 0) is 31.6 Å². The SMILES string of the molecule is COCC[C@@H]1CCOC12CCN(CC(=O)N(C)C)CC2. The van der Waals surface area contributed by atoms with Gasteiger partial charge in [-0.1, -0.05) is 0 Å². The van der Waals surface area contributed by atoms with E-state index in [1.165, 1.54) is 0 Å². The molecular weight excluding hydrogens is 256 g/mol. The van der Waals surface area contributed by atoms with Crippen LogP contribution in [0.3, 0.4) is 0 Å². The number of likely N-dealkylation sites (N-methyl/N-ethyl adjacent to an activating group) is 1. The van der Waals surface area contributed by atoms with Crippen LogP contribution in [0.4, 0.5) is 0 Å². The molecule has 20 heavy (non-hydrogen) atoms. The van der Waals surface area contributed by atoms with Crippen molar-refractivity contribution >= 4 is 5.91 Å². The molecule has 2 rings (SSSR count). The average molecular weight is 284 g/mol. The molecule has 0 aliphatic carbocycles. The van der Waals surface area contributed by atoms with Gasteiger partial charge in [-0.15, -0.1) is 0 Å². The zero-order valence-electron chi connectivity index (χ0n) is 13.1. The molecular formula is C15H28N2O3. The van der Waals surface area contributed by atoms with Gasteiger partial charge < -0.3 is 14.4 Å². The molecule has 116 valence electrons. The van der Waals surface area contributed by atoms with Gasteiger partial charge in [0.25, 0.3) is 0 Å². The van der Waals surface area contributed by atoms with Crippen LogP contribution in [0.25, 0.3) is 0 Å². The van der Waals surface area contributed by atoms with Gasteiger partial charge in [-0.25, -0.2) is 0 Å². The minimum Gasteiger partial charge on any atom is -0.385 e. The van der Waals surface area contributed by atoms with Gasteiger partial charge in [-0.3, -0.25) is 9.69 Å². The molecule has 2 aliphatic heterocycles. The van der Waals surface area contributed by atoms with Crippen molar-refractivity contribution in [2.75, 3.05) is 54.1 Å². The quantitative estimate of drug-likeness (QED) is 0.755. The third kappa shape index (κ3) is 3.51. The molecule has 0 unspecified atom stereocenters. The number of likely N-dealkylation sites (tertiary alicyclic amines) is 1. The van der Waals surface area contributed by atoms with E-state index in [-0.39, 0.29) is 11.5 Å². The Balaban J connectivity index is 1.84. The van der Waals surface area contributed by atoms with Crippen molar-refractivity contribution < 1.29 is 14.3 Å². The first-order valence-corrected chi connectivity index (χ1v) is 7.63. The van der Waals surface area contributed by atoms with E-state index in [4.69, 9.17) is 9.47 Å². The van der Waals surface area contributed by atoms with Crippen molar-refractivity contribution in [3.63, 3.8) is 0 Å². The Morgan fingerprint density at radius 2 is 2.10 bits per heavy atom. The number of hydrogen-bond acceptors (Lipinski definition) is 4. The molecule has 0 saturated carbocycles. The topological polar surface area (TPSA) is 42.0 Å². The van der Waals surface area contributed by atoms with Crippen molar-refractivity contribution in [2.24, 2.45) is 5.92 Å². The zero-order valence-corrected chi connectivity index (χ0v) is 13.1. The Hall–Kier alpha value is -0.650. The number of hydrogen-bond donors (Lipinski definition) is 0. The monoisotopic (exact) mass is 284 g/mol. The van der Waals surface area contributed by atoms with Gasteiger partial charge in [0, 0.05) is 47.5 Å². The van der Waals surface area contributed by atoms with Gasteiger partial charge in [0.2, 0.25) is 5.91 Å². The highest BCUT2D eigenvalue weighted by Crippen LogP contribution is 2.42. The van der Waals surface area contributed by atoms with Gasteiger partial charge in [0.1, 0.15) is 0 Å². The summed E-state index contributed by atoms with van der Waals surface area (Å²) in [6, 6.07) is 0. The lowest BCUT2D eigenvalue weighted by Crippen LogP contribution is -2.50. The molecule has 5 nitrogen and oxygen atoms in total. The Kier molecular flexibility index (Phi) is 5.41. The van der Waals surface area contributed by atoms with Crippen molar-refractivity contribution in [3.8, 4) is 0 Å². The minimum absolute atomic E-state index is 0.0518. The molecule has 1 amide bonds. The van der Waals surface area contributed by atoms with E-state index < -0.39 is 0 Å². The lowest BCUT2D eigenvalue weighted by molar-refractivity contribution is -0.131. The van der Waals surface area contributed by atoms with E-state index in [0.29, 0.717) is 12.5 Å². The Morgan fingerprint density at radius 3 is 2.70 bits per heavy atom. The number of amides is 1. The maximum atomic E-state index is 11.8. The van der Waals surface area contributed by atoms with Crippen LogP contribution in [-0.2, 0) is 14.3 Å². The molecule has 0 N–H and O–H groups in total.